The summed E-state index contributed by atoms with van der Waals surface area (Å²) in [4.78, 5) is 10.3. The first-order valence-corrected chi connectivity index (χ1v) is 13.1. The zero-order chi connectivity index (χ0) is 25.8. The van der Waals surface area contributed by atoms with Crippen molar-refractivity contribution in [1.82, 2.24) is 9.97 Å². The van der Waals surface area contributed by atoms with Crippen LogP contribution in [0.4, 0.5) is 0 Å². The van der Waals surface area contributed by atoms with Crippen LogP contribution in [0, 0.1) is 0 Å². The highest BCUT2D eigenvalue weighted by molar-refractivity contribution is 6.31. The van der Waals surface area contributed by atoms with Crippen molar-refractivity contribution < 1.29 is 4.42 Å². The molecule has 0 spiro atoms. The standard InChI is InChI=1S/C36H22N2O/c1-3-12-23(13-4-1)25-16-11-17-26(22-25)35-37-33(24-14-5-2-6-15-24)32-31-29-20-9-7-18-27(29)28-19-8-10-21-30(28)34(31)39-36(32)38-35/h1-22H. The first kappa shape index (κ1) is 21.8. The summed E-state index contributed by atoms with van der Waals surface area (Å²) in [7, 11) is 0. The van der Waals surface area contributed by atoms with Gasteiger partial charge < -0.3 is 4.42 Å². The summed E-state index contributed by atoms with van der Waals surface area (Å²) in [5, 5.41) is 6.59. The maximum Gasteiger partial charge on any atom is 0.231 e. The Kier molecular flexibility index (Phi) is 4.82. The molecule has 0 saturated heterocycles. The number of hydrogen-bond donors (Lipinski definition) is 0. The fraction of sp³-hybridized carbons (Fsp3) is 0. The van der Waals surface area contributed by atoms with Crippen molar-refractivity contribution in [2.45, 2.75) is 0 Å². The molecule has 0 unspecified atom stereocenters. The zero-order valence-corrected chi connectivity index (χ0v) is 21.0. The van der Waals surface area contributed by atoms with Gasteiger partial charge in [0, 0.05) is 21.9 Å². The van der Waals surface area contributed by atoms with E-state index in [9.17, 15) is 0 Å². The van der Waals surface area contributed by atoms with E-state index < -0.39 is 0 Å². The van der Waals surface area contributed by atoms with Crippen molar-refractivity contribution in [1.29, 1.82) is 0 Å². The Morgan fingerprint density at radius 3 is 1.72 bits per heavy atom. The third-order valence-electron chi connectivity index (χ3n) is 7.49. The maximum absolute atomic E-state index is 6.66. The SMILES string of the molecule is c1ccc(-c2cccc(-c3nc(-c4ccccc4)c4c(n3)oc3c5ccccc5c5ccccc5c34)c2)cc1. The van der Waals surface area contributed by atoms with Gasteiger partial charge in [0.15, 0.2) is 5.82 Å². The van der Waals surface area contributed by atoms with Gasteiger partial charge in [-0.2, -0.15) is 4.98 Å². The van der Waals surface area contributed by atoms with Crippen LogP contribution in [0.25, 0.3) is 77.4 Å². The number of nitrogens with zero attached hydrogens (tertiary/aromatic N) is 2. The monoisotopic (exact) mass is 498 g/mol. The molecule has 0 N–H and O–H groups in total. The Labute approximate surface area is 225 Å². The van der Waals surface area contributed by atoms with Crippen LogP contribution in [-0.4, -0.2) is 9.97 Å². The highest BCUT2D eigenvalue weighted by Crippen LogP contribution is 2.43. The van der Waals surface area contributed by atoms with Crippen LogP contribution >= 0.6 is 0 Å². The van der Waals surface area contributed by atoms with Gasteiger partial charge in [0.05, 0.1) is 11.1 Å². The fourth-order valence-corrected chi connectivity index (χ4v) is 5.70. The lowest BCUT2D eigenvalue weighted by Crippen LogP contribution is -1.94. The molecule has 8 aromatic rings. The van der Waals surface area contributed by atoms with Crippen molar-refractivity contribution >= 4 is 43.6 Å². The average Bonchev–Trinajstić information content (AvgIpc) is 3.42. The second-order valence-electron chi connectivity index (χ2n) is 9.79. The number of rotatable bonds is 3. The number of aromatic nitrogens is 2. The molecule has 0 fully saturated rings. The van der Waals surface area contributed by atoms with Crippen molar-refractivity contribution in [2.75, 3.05) is 0 Å². The predicted molar refractivity (Wildman–Crippen MR) is 161 cm³/mol. The molecule has 0 atom stereocenters. The number of fused-ring (bicyclic) bond motifs is 8. The highest BCUT2D eigenvalue weighted by atomic mass is 16.3. The van der Waals surface area contributed by atoms with Crippen molar-refractivity contribution in [3.05, 3.63) is 133 Å². The molecule has 39 heavy (non-hydrogen) atoms. The summed E-state index contributed by atoms with van der Waals surface area (Å²) in [5.41, 5.74) is 6.59. The predicted octanol–water partition coefficient (Wildman–Crippen LogP) is 9.68. The number of furan rings is 1. The fourth-order valence-electron chi connectivity index (χ4n) is 5.70. The largest absolute Gasteiger partial charge is 0.437 e. The molecule has 182 valence electrons. The van der Waals surface area contributed by atoms with Crippen molar-refractivity contribution in [3.8, 4) is 33.8 Å². The molecule has 6 aromatic carbocycles. The second-order valence-corrected chi connectivity index (χ2v) is 9.79. The van der Waals surface area contributed by atoms with Gasteiger partial charge in [-0.3, -0.25) is 0 Å². The van der Waals surface area contributed by atoms with Crippen LogP contribution in [0.15, 0.2) is 138 Å². The van der Waals surface area contributed by atoms with Gasteiger partial charge in [0.1, 0.15) is 5.58 Å². The summed E-state index contributed by atoms with van der Waals surface area (Å²) in [6.45, 7) is 0. The normalized spacial score (nSPS) is 11.6. The van der Waals surface area contributed by atoms with E-state index in [0.717, 1.165) is 55.1 Å². The Morgan fingerprint density at radius 2 is 0.974 bits per heavy atom. The van der Waals surface area contributed by atoms with Crippen LogP contribution in [0.1, 0.15) is 0 Å². The molecule has 2 aromatic heterocycles. The van der Waals surface area contributed by atoms with E-state index in [-0.39, 0.29) is 0 Å². The third kappa shape index (κ3) is 3.44. The smallest absolute Gasteiger partial charge is 0.231 e. The van der Waals surface area contributed by atoms with E-state index in [1.165, 1.54) is 10.8 Å². The molecular formula is C36H22N2O. The third-order valence-corrected chi connectivity index (χ3v) is 7.49. The van der Waals surface area contributed by atoms with Gasteiger partial charge in [0.25, 0.3) is 0 Å². The van der Waals surface area contributed by atoms with Crippen LogP contribution in [0.2, 0.25) is 0 Å². The van der Waals surface area contributed by atoms with Gasteiger partial charge in [-0.15, -0.1) is 0 Å². The van der Waals surface area contributed by atoms with E-state index in [1.807, 2.05) is 12.1 Å². The Balaban J connectivity index is 1.49. The molecule has 0 aliphatic rings. The van der Waals surface area contributed by atoms with Crippen molar-refractivity contribution in [3.63, 3.8) is 0 Å². The zero-order valence-electron chi connectivity index (χ0n) is 21.0. The number of benzene rings is 6. The van der Waals surface area contributed by atoms with Crippen LogP contribution < -0.4 is 0 Å². The highest BCUT2D eigenvalue weighted by Gasteiger charge is 2.22. The molecule has 0 radical (unpaired) electrons. The molecule has 8 rings (SSSR count). The van der Waals surface area contributed by atoms with E-state index in [4.69, 9.17) is 14.4 Å². The molecule has 0 saturated carbocycles. The lowest BCUT2D eigenvalue weighted by molar-refractivity contribution is 0.657. The van der Waals surface area contributed by atoms with E-state index >= 15 is 0 Å². The van der Waals surface area contributed by atoms with Crippen LogP contribution in [-0.2, 0) is 0 Å². The maximum atomic E-state index is 6.66. The van der Waals surface area contributed by atoms with Gasteiger partial charge in [-0.25, -0.2) is 4.98 Å². The minimum atomic E-state index is 0.598. The number of hydrogen-bond acceptors (Lipinski definition) is 3. The van der Waals surface area contributed by atoms with E-state index in [0.29, 0.717) is 11.5 Å². The van der Waals surface area contributed by atoms with E-state index in [1.54, 1.807) is 0 Å². The summed E-state index contributed by atoms with van der Waals surface area (Å²) in [5.74, 6) is 0.645. The molecule has 0 bridgehead atoms. The quantitative estimate of drug-likeness (QED) is 0.228. The summed E-state index contributed by atoms with van der Waals surface area (Å²) in [6, 6.07) is 46.1. The molecule has 0 aliphatic heterocycles. The Morgan fingerprint density at radius 1 is 0.410 bits per heavy atom. The first-order chi connectivity index (χ1) is 19.3. The lowest BCUT2D eigenvalue weighted by Gasteiger charge is -2.09. The summed E-state index contributed by atoms with van der Waals surface area (Å²) in [6.07, 6.45) is 0. The minimum Gasteiger partial charge on any atom is -0.437 e. The van der Waals surface area contributed by atoms with Gasteiger partial charge in [0.2, 0.25) is 5.71 Å². The average molecular weight is 499 g/mol. The second kappa shape index (κ2) is 8.64. The van der Waals surface area contributed by atoms with E-state index in [2.05, 4.69) is 121 Å². The summed E-state index contributed by atoms with van der Waals surface area (Å²) >= 11 is 0. The molecular weight excluding hydrogens is 476 g/mol. The Bertz CT molecular complexity index is 2160. The van der Waals surface area contributed by atoms with Crippen LogP contribution in [0.5, 0.6) is 0 Å². The summed E-state index contributed by atoms with van der Waals surface area (Å²) < 4.78 is 6.66. The lowest BCUT2D eigenvalue weighted by atomic mass is 9.96. The van der Waals surface area contributed by atoms with Crippen molar-refractivity contribution in [2.24, 2.45) is 0 Å². The molecule has 0 amide bonds. The Hall–Kier alpha value is -5.28. The molecule has 2 heterocycles. The topological polar surface area (TPSA) is 38.9 Å². The van der Waals surface area contributed by atoms with Gasteiger partial charge in [-0.05, 0) is 33.4 Å². The van der Waals surface area contributed by atoms with Gasteiger partial charge in [-0.1, -0.05) is 127 Å². The first-order valence-electron chi connectivity index (χ1n) is 13.1. The van der Waals surface area contributed by atoms with Crippen LogP contribution in [0.3, 0.4) is 0 Å². The van der Waals surface area contributed by atoms with Gasteiger partial charge >= 0.3 is 0 Å². The molecule has 0 aliphatic carbocycles. The molecule has 3 nitrogen and oxygen atoms in total. The minimum absolute atomic E-state index is 0.598. The molecule has 3 heteroatoms.